The molecule has 1 heterocycles. The van der Waals surface area contributed by atoms with Gasteiger partial charge in [0.2, 0.25) is 0 Å². The van der Waals surface area contributed by atoms with Gasteiger partial charge < -0.3 is 20.3 Å². The SMILES string of the molecule is CCOCCCNC(=NC)NCC(C)N1CCc2ccccc21. The van der Waals surface area contributed by atoms with E-state index in [1.54, 1.807) is 0 Å². The maximum absolute atomic E-state index is 5.34. The Morgan fingerprint density at radius 3 is 2.96 bits per heavy atom. The van der Waals surface area contributed by atoms with Gasteiger partial charge in [0.1, 0.15) is 0 Å². The fraction of sp³-hybridized carbons (Fsp3) is 0.611. The van der Waals surface area contributed by atoms with E-state index in [4.69, 9.17) is 4.74 Å². The van der Waals surface area contributed by atoms with Crippen molar-refractivity contribution < 1.29 is 4.74 Å². The highest BCUT2D eigenvalue weighted by Gasteiger charge is 2.22. The maximum atomic E-state index is 5.34. The van der Waals surface area contributed by atoms with E-state index in [2.05, 4.69) is 51.7 Å². The Balaban J connectivity index is 1.74. The van der Waals surface area contributed by atoms with Crippen LogP contribution >= 0.6 is 0 Å². The Morgan fingerprint density at radius 1 is 1.35 bits per heavy atom. The average molecular weight is 318 g/mol. The van der Waals surface area contributed by atoms with E-state index < -0.39 is 0 Å². The fourth-order valence-electron chi connectivity index (χ4n) is 2.92. The molecule has 0 amide bonds. The lowest BCUT2D eigenvalue weighted by Gasteiger charge is -2.28. The number of nitrogens with zero attached hydrogens (tertiary/aromatic N) is 2. The molecule has 2 N–H and O–H groups in total. The second-order valence-corrected chi connectivity index (χ2v) is 5.85. The third-order valence-electron chi connectivity index (χ3n) is 4.21. The predicted octanol–water partition coefficient (Wildman–Crippen LogP) is 2.03. The van der Waals surface area contributed by atoms with Crippen LogP contribution in [-0.2, 0) is 11.2 Å². The summed E-state index contributed by atoms with van der Waals surface area (Å²) >= 11 is 0. The molecule has 128 valence electrons. The summed E-state index contributed by atoms with van der Waals surface area (Å²) < 4.78 is 5.34. The summed E-state index contributed by atoms with van der Waals surface area (Å²) in [6, 6.07) is 9.13. The second-order valence-electron chi connectivity index (χ2n) is 5.85. The molecule has 1 aromatic carbocycles. The van der Waals surface area contributed by atoms with Crippen molar-refractivity contribution in [3.8, 4) is 0 Å². The molecule has 0 fully saturated rings. The van der Waals surface area contributed by atoms with Crippen LogP contribution in [0.3, 0.4) is 0 Å². The van der Waals surface area contributed by atoms with Crippen LogP contribution in [0.4, 0.5) is 5.69 Å². The number of hydrogen-bond donors (Lipinski definition) is 2. The quantitative estimate of drug-likeness (QED) is 0.437. The maximum Gasteiger partial charge on any atom is 0.191 e. The molecule has 2 rings (SSSR count). The monoisotopic (exact) mass is 318 g/mol. The Hall–Kier alpha value is -1.75. The van der Waals surface area contributed by atoms with Crippen LogP contribution in [0.15, 0.2) is 29.3 Å². The van der Waals surface area contributed by atoms with Crippen molar-refractivity contribution in [3.63, 3.8) is 0 Å². The molecule has 5 nitrogen and oxygen atoms in total. The van der Waals surface area contributed by atoms with Gasteiger partial charge in [-0.2, -0.15) is 0 Å². The van der Waals surface area contributed by atoms with Gasteiger partial charge in [0.25, 0.3) is 0 Å². The molecule has 0 bridgehead atoms. The van der Waals surface area contributed by atoms with E-state index in [0.29, 0.717) is 6.04 Å². The summed E-state index contributed by atoms with van der Waals surface area (Å²) in [5.41, 5.74) is 2.83. The number of para-hydroxylation sites is 1. The summed E-state index contributed by atoms with van der Waals surface area (Å²) in [5.74, 6) is 0.862. The molecular weight excluding hydrogens is 288 g/mol. The van der Waals surface area contributed by atoms with Crippen LogP contribution in [0.2, 0.25) is 0 Å². The minimum absolute atomic E-state index is 0.431. The van der Waals surface area contributed by atoms with Crippen molar-refractivity contribution in [2.45, 2.75) is 32.7 Å². The van der Waals surface area contributed by atoms with Crippen LogP contribution in [0.25, 0.3) is 0 Å². The number of fused-ring (bicyclic) bond motifs is 1. The minimum Gasteiger partial charge on any atom is -0.382 e. The normalized spacial score (nSPS) is 15.4. The molecule has 0 spiro atoms. The van der Waals surface area contributed by atoms with E-state index in [1.807, 2.05) is 14.0 Å². The zero-order valence-corrected chi connectivity index (χ0v) is 14.6. The second kappa shape index (κ2) is 9.40. The number of nitrogens with one attached hydrogen (secondary N) is 2. The van der Waals surface area contributed by atoms with Crippen LogP contribution < -0.4 is 15.5 Å². The predicted molar refractivity (Wildman–Crippen MR) is 97.4 cm³/mol. The van der Waals surface area contributed by atoms with Crippen LogP contribution in [0, 0.1) is 0 Å². The first kappa shape index (κ1) is 17.6. The summed E-state index contributed by atoms with van der Waals surface area (Å²) in [6.45, 7) is 8.70. The summed E-state index contributed by atoms with van der Waals surface area (Å²) in [4.78, 5) is 6.76. The van der Waals surface area contributed by atoms with Crippen molar-refractivity contribution in [2.75, 3.05) is 44.8 Å². The number of anilines is 1. The highest BCUT2D eigenvalue weighted by molar-refractivity contribution is 5.79. The van der Waals surface area contributed by atoms with Gasteiger partial charge in [0, 0.05) is 51.6 Å². The third-order valence-corrected chi connectivity index (χ3v) is 4.21. The van der Waals surface area contributed by atoms with Crippen LogP contribution in [0.5, 0.6) is 0 Å². The first-order valence-electron chi connectivity index (χ1n) is 8.63. The molecule has 1 aromatic rings. The van der Waals surface area contributed by atoms with Gasteiger partial charge in [-0.05, 0) is 38.3 Å². The van der Waals surface area contributed by atoms with Crippen molar-refractivity contribution in [1.29, 1.82) is 0 Å². The molecule has 0 saturated heterocycles. The molecule has 1 aliphatic rings. The Labute approximate surface area is 140 Å². The van der Waals surface area contributed by atoms with Gasteiger partial charge >= 0.3 is 0 Å². The molecule has 1 unspecified atom stereocenters. The van der Waals surface area contributed by atoms with E-state index in [-0.39, 0.29) is 0 Å². The van der Waals surface area contributed by atoms with Crippen molar-refractivity contribution in [2.24, 2.45) is 4.99 Å². The van der Waals surface area contributed by atoms with Gasteiger partial charge in [-0.1, -0.05) is 18.2 Å². The summed E-state index contributed by atoms with van der Waals surface area (Å²) in [7, 11) is 1.81. The molecule has 1 atom stereocenters. The topological polar surface area (TPSA) is 48.9 Å². The van der Waals surface area contributed by atoms with Gasteiger partial charge in [0.15, 0.2) is 5.96 Å². The number of rotatable bonds is 8. The number of aliphatic imine (C=N–C) groups is 1. The van der Waals surface area contributed by atoms with E-state index in [0.717, 1.165) is 51.6 Å². The standard InChI is InChI=1S/C18H30N4O/c1-4-23-13-7-11-20-18(19-3)21-14-15(2)22-12-10-16-8-5-6-9-17(16)22/h5-6,8-9,15H,4,7,10-14H2,1-3H3,(H2,19,20,21). The Morgan fingerprint density at radius 2 is 2.17 bits per heavy atom. The van der Waals surface area contributed by atoms with Gasteiger partial charge in [-0.15, -0.1) is 0 Å². The third kappa shape index (κ3) is 5.13. The van der Waals surface area contributed by atoms with E-state index in [9.17, 15) is 0 Å². The van der Waals surface area contributed by atoms with Gasteiger partial charge in [-0.3, -0.25) is 4.99 Å². The molecule has 5 heteroatoms. The molecule has 0 radical (unpaired) electrons. The number of guanidine groups is 1. The molecule has 23 heavy (non-hydrogen) atoms. The number of ether oxygens (including phenoxy) is 1. The molecule has 1 aliphatic heterocycles. The highest BCUT2D eigenvalue weighted by atomic mass is 16.5. The Bertz CT molecular complexity index is 504. The lowest BCUT2D eigenvalue weighted by atomic mass is 10.2. The molecule has 0 aliphatic carbocycles. The average Bonchev–Trinajstić information content (AvgIpc) is 3.01. The van der Waals surface area contributed by atoms with Gasteiger partial charge in [0.05, 0.1) is 0 Å². The number of benzene rings is 1. The largest absolute Gasteiger partial charge is 0.382 e. The van der Waals surface area contributed by atoms with Crippen LogP contribution in [0.1, 0.15) is 25.8 Å². The van der Waals surface area contributed by atoms with E-state index >= 15 is 0 Å². The zero-order chi connectivity index (χ0) is 16.5. The minimum atomic E-state index is 0.431. The smallest absolute Gasteiger partial charge is 0.191 e. The summed E-state index contributed by atoms with van der Waals surface area (Å²) in [5, 5.41) is 6.76. The first-order chi connectivity index (χ1) is 11.3. The van der Waals surface area contributed by atoms with Crippen molar-refractivity contribution >= 4 is 11.6 Å². The van der Waals surface area contributed by atoms with E-state index in [1.165, 1.54) is 11.3 Å². The molecular formula is C18H30N4O. The highest BCUT2D eigenvalue weighted by Crippen LogP contribution is 2.28. The molecule has 0 aromatic heterocycles. The summed E-state index contributed by atoms with van der Waals surface area (Å²) in [6.07, 6.45) is 2.13. The Kier molecular flexibility index (Phi) is 7.20. The van der Waals surface area contributed by atoms with Crippen molar-refractivity contribution in [3.05, 3.63) is 29.8 Å². The van der Waals surface area contributed by atoms with Crippen LogP contribution in [-0.4, -0.2) is 51.9 Å². The zero-order valence-electron chi connectivity index (χ0n) is 14.6. The lowest BCUT2D eigenvalue weighted by Crippen LogP contribution is -2.46. The van der Waals surface area contributed by atoms with Crippen molar-refractivity contribution in [1.82, 2.24) is 10.6 Å². The van der Waals surface area contributed by atoms with Gasteiger partial charge in [-0.25, -0.2) is 0 Å². The lowest BCUT2D eigenvalue weighted by molar-refractivity contribution is 0.145. The number of hydrogen-bond acceptors (Lipinski definition) is 3. The molecule has 0 saturated carbocycles. The first-order valence-corrected chi connectivity index (χ1v) is 8.63. The fourth-order valence-corrected chi connectivity index (χ4v) is 2.92.